The molecule has 4 rings (SSSR count). The van der Waals surface area contributed by atoms with E-state index in [2.05, 4.69) is 5.32 Å². The third-order valence-corrected chi connectivity index (χ3v) is 6.10. The van der Waals surface area contributed by atoms with Crippen molar-refractivity contribution in [3.05, 3.63) is 87.0 Å². The number of carbonyl (C=O) groups excluding carboxylic acids is 1. The van der Waals surface area contributed by atoms with Crippen LogP contribution in [-0.2, 0) is 11.2 Å². The molecular weight excluding hydrogens is 482 g/mol. The van der Waals surface area contributed by atoms with Crippen LogP contribution in [0.15, 0.2) is 69.9 Å². The third-order valence-electron chi connectivity index (χ3n) is 5.70. The Balaban J connectivity index is 1.50. The lowest BCUT2D eigenvalue weighted by molar-refractivity contribution is -0.123. The smallest absolute Gasteiger partial charge is 0.257 e. The lowest BCUT2D eigenvalue weighted by Crippen LogP contribution is -2.31. The van der Waals surface area contributed by atoms with E-state index < -0.39 is 5.43 Å². The summed E-state index contributed by atoms with van der Waals surface area (Å²) in [6, 6.07) is 18.0. The Hall–Kier alpha value is -3.97. The van der Waals surface area contributed by atoms with Crippen molar-refractivity contribution in [2.45, 2.75) is 13.3 Å². The van der Waals surface area contributed by atoms with Gasteiger partial charge in [-0.1, -0.05) is 48.0 Å². The van der Waals surface area contributed by atoms with Gasteiger partial charge in [-0.3, -0.25) is 9.59 Å². The van der Waals surface area contributed by atoms with E-state index in [0.717, 1.165) is 11.1 Å². The monoisotopic (exact) mass is 507 g/mol. The average molecular weight is 508 g/mol. The fourth-order valence-corrected chi connectivity index (χ4v) is 3.94. The Morgan fingerprint density at radius 1 is 1.00 bits per heavy atom. The van der Waals surface area contributed by atoms with Crippen LogP contribution in [0.2, 0.25) is 5.02 Å². The molecule has 0 aliphatic heterocycles. The normalized spacial score (nSPS) is 10.8. The predicted molar refractivity (Wildman–Crippen MR) is 139 cm³/mol. The van der Waals surface area contributed by atoms with Gasteiger partial charge in [0.25, 0.3) is 5.91 Å². The Morgan fingerprint density at radius 2 is 1.75 bits per heavy atom. The summed E-state index contributed by atoms with van der Waals surface area (Å²) in [6.07, 6.45) is 0.581. The van der Waals surface area contributed by atoms with E-state index in [4.69, 9.17) is 30.2 Å². The summed E-state index contributed by atoms with van der Waals surface area (Å²) in [5.74, 6) is 1.11. The maximum absolute atomic E-state index is 13.3. The summed E-state index contributed by atoms with van der Waals surface area (Å²) in [7, 11) is 3.15. The summed E-state index contributed by atoms with van der Waals surface area (Å²) in [4.78, 5) is 25.8. The number of hydrogen-bond acceptors (Lipinski definition) is 6. The van der Waals surface area contributed by atoms with Crippen molar-refractivity contribution < 1.29 is 23.4 Å². The Labute approximate surface area is 213 Å². The first-order chi connectivity index (χ1) is 17.4. The zero-order chi connectivity index (χ0) is 25.7. The molecule has 0 spiro atoms. The van der Waals surface area contributed by atoms with Gasteiger partial charge in [0.05, 0.1) is 19.6 Å². The van der Waals surface area contributed by atoms with Crippen molar-refractivity contribution in [3.63, 3.8) is 0 Å². The minimum absolute atomic E-state index is 0.0383. The first-order valence-corrected chi connectivity index (χ1v) is 11.7. The molecule has 4 aromatic rings. The van der Waals surface area contributed by atoms with Gasteiger partial charge in [0.2, 0.25) is 11.2 Å². The first kappa shape index (κ1) is 25.1. The molecule has 0 saturated carbocycles. The van der Waals surface area contributed by atoms with Gasteiger partial charge in [-0.2, -0.15) is 0 Å². The van der Waals surface area contributed by atoms with Gasteiger partial charge in [0.1, 0.15) is 5.58 Å². The minimum atomic E-state index is -0.393. The summed E-state index contributed by atoms with van der Waals surface area (Å²) in [5, 5.41) is 3.54. The summed E-state index contributed by atoms with van der Waals surface area (Å²) >= 11 is 6.24. The highest BCUT2D eigenvalue weighted by Gasteiger charge is 2.19. The van der Waals surface area contributed by atoms with E-state index >= 15 is 0 Å². The summed E-state index contributed by atoms with van der Waals surface area (Å²) < 4.78 is 22.4. The molecule has 0 unspecified atom stereocenters. The van der Waals surface area contributed by atoms with Crippen molar-refractivity contribution >= 4 is 28.5 Å². The number of hydrogen-bond donors (Lipinski definition) is 1. The molecule has 1 aromatic heterocycles. The number of methoxy groups -OCH3 is 2. The van der Waals surface area contributed by atoms with Crippen LogP contribution in [0.3, 0.4) is 0 Å². The second-order valence-electron chi connectivity index (χ2n) is 8.13. The third kappa shape index (κ3) is 5.47. The van der Waals surface area contributed by atoms with Crippen LogP contribution in [0.4, 0.5) is 0 Å². The molecule has 1 amide bonds. The Bertz CT molecular complexity index is 1450. The van der Waals surface area contributed by atoms with Crippen LogP contribution in [0.25, 0.3) is 22.3 Å². The molecule has 1 N–H and O–H groups in total. The second-order valence-corrected chi connectivity index (χ2v) is 8.54. The quantitative estimate of drug-likeness (QED) is 0.336. The van der Waals surface area contributed by atoms with Crippen molar-refractivity contribution in [1.82, 2.24) is 5.32 Å². The molecular formula is C28H26ClNO6. The molecule has 0 fully saturated rings. The van der Waals surface area contributed by atoms with Crippen molar-refractivity contribution in [2.75, 3.05) is 27.4 Å². The number of halogens is 1. The lowest BCUT2D eigenvalue weighted by Gasteiger charge is -2.13. The van der Waals surface area contributed by atoms with Crippen LogP contribution < -0.4 is 25.0 Å². The molecule has 8 heteroatoms. The van der Waals surface area contributed by atoms with Crippen molar-refractivity contribution in [2.24, 2.45) is 0 Å². The highest BCUT2D eigenvalue weighted by atomic mass is 35.5. The van der Waals surface area contributed by atoms with Crippen molar-refractivity contribution in [1.29, 1.82) is 0 Å². The van der Waals surface area contributed by atoms with Crippen molar-refractivity contribution in [3.8, 4) is 28.6 Å². The fraction of sp³-hybridized carbons (Fsp3) is 0.214. The molecule has 3 aromatic carbocycles. The lowest BCUT2D eigenvalue weighted by atomic mass is 10.1. The Morgan fingerprint density at radius 3 is 2.47 bits per heavy atom. The number of rotatable bonds is 9. The minimum Gasteiger partial charge on any atom is -0.493 e. The van der Waals surface area contributed by atoms with E-state index in [0.29, 0.717) is 40.6 Å². The van der Waals surface area contributed by atoms with Crippen LogP contribution in [-0.4, -0.2) is 33.3 Å². The van der Waals surface area contributed by atoms with Gasteiger partial charge in [-0.15, -0.1) is 0 Å². The largest absolute Gasteiger partial charge is 0.493 e. The van der Waals surface area contributed by atoms with Gasteiger partial charge < -0.3 is 23.9 Å². The van der Waals surface area contributed by atoms with E-state index in [-0.39, 0.29) is 29.4 Å². The molecule has 0 saturated heterocycles. The molecule has 0 atom stereocenters. The molecule has 1 heterocycles. The zero-order valence-electron chi connectivity index (χ0n) is 20.2. The Kier molecular flexibility index (Phi) is 7.80. The highest BCUT2D eigenvalue weighted by molar-refractivity contribution is 6.32. The maximum Gasteiger partial charge on any atom is 0.257 e. The summed E-state index contributed by atoms with van der Waals surface area (Å²) in [5.41, 5.74) is 2.42. The SMILES string of the molecule is COc1ccc(CCNC(=O)COc2c(-c3ccccc3)oc3cc(C)c(Cl)cc3c2=O)cc1OC. The summed E-state index contributed by atoms with van der Waals surface area (Å²) in [6.45, 7) is 1.87. The van der Waals surface area contributed by atoms with Crippen LogP contribution in [0.5, 0.6) is 17.2 Å². The number of fused-ring (bicyclic) bond motifs is 1. The molecule has 7 nitrogen and oxygen atoms in total. The maximum atomic E-state index is 13.3. The van der Waals surface area contributed by atoms with E-state index in [1.807, 2.05) is 55.5 Å². The average Bonchev–Trinajstić information content (AvgIpc) is 2.89. The van der Waals surface area contributed by atoms with Crippen LogP contribution in [0, 0.1) is 6.92 Å². The zero-order valence-corrected chi connectivity index (χ0v) is 21.0. The molecule has 0 aliphatic rings. The number of aryl methyl sites for hydroxylation is 1. The molecule has 36 heavy (non-hydrogen) atoms. The standard InChI is InChI=1S/C28H26ClNO6/c1-17-13-23-20(15-21(17)29)26(32)28(27(36-23)19-7-5-4-6-8-19)35-16-25(31)30-12-11-18-9-10-22(33-2)24(14-18)34-3/h4-10,13-15H,11-12,16H2,1-3H3,(H,30,31). The molecule has 186 valence electrons. The van der Waals surface area contributed by atoms with Gasteiger partial charge >= 0.3 is 0 Å². The number of nitrogens with one attached hydrogen (secondary N) is 1. The van der Waals surface area contributed by atoms with Gasteiger partial charge in [0.15, 0.2) is 23.9 Å². The molecule has 0 bridgehead atoms. The second kappa shape index (κ2) is 11.2. The van der Waals surface area contributed by atoms with E-state index in [9.17, 15) is 9.59 Å². The van der Waals surface area contributed by atoms with Gasteiger partial charge in [-0.25, -0.2) is 0 Å². The fourth-order valence-electron chi connectivity index (χ4n) is 3.78. The highest BCUT2D eigenvalue weighted by Crippen LogP contribution is 2.32. The van der Waals surface area contributed by atoms with E-state index in [1.54, 1.807) is 26.4 Å². The topological polar surface area (TPSA) is 87.0 Å². The van der Waals surface area contributed by atoms with Crippen LogP contribution in [0.1, 0.15) is 11.1 Å². The number of amides is 1. The molecule has 0 radical (unpaired) electrons. The van der Waals surface area contributed by atoms with Gasteiger partial charge in [-0.05, 0) is 48.7 Å². The van der Waals surface area contributed by atoms with E-state index in [1.165, 1.54) is 0 Å². The van der Waals surface area contributed by atoms with Crippen LogP contribution >= 0.6 is 11.6 Å². The number of benzene rings is 3. The number of ether oxygens (including phenoxy) is 3. The molecule has 0 aliphatic carbocycles. The first-order valence-electron chi connectivity index (χ1n) is 11.3. The predicted octanol–water partition coefficient (Wildman–Crippen LogP) is 5.18. The van der Waals surface area contributed by atoms with Gasteiger partial charge in [0, 0.05) is 17.1 Å². The number of carbonyl (C=O) groups is 1.